The first-order valence-electron chi connectivity index (χ1n) is 11.5. The quantitative estimate of drug-likeness (QED) is 0.509. The Kier molecular flexibility index (Phi) is 7.03. The van der Waals surface area contributed by atoms with Crippen molar-refractivity contribution in [1.29, 1.82) is 0 Å². The lowest BCUT2D eigenvalue weighted by atomic mass is 10.0. The second kappa shape index (κ2) is 10.3. The number of benzene rings is 3. The molecule has 0 aromatic heterocycles. The molecule has 2 N–H and O–H groups in total. The molecule has 1 atom stereocenters. The topological polar surface area (TPSA) is 56.8 Å². The highest BCUT2D eigenvalue weighted by molar-refractivity contribution is 5.91. The minimum atomic E-state index is -0.246. The lowest BCUT2D eigenvalue weighted by Gasteiger charge is -2.31. The van der Waals surface area contributed by atoms with Crippen LogP contribution in [0.15, 0.2) is 72.8 Å². The Morgan fingerprint density at radius 1 is 1.03 bits per heavy atom. The predicted molar refractivity (Wildman–Crippen MR) is 136 cm³/mol. The fourth-order valence-corrected chi connectivity index (χ4v) is 4.30. The van der Waals surface area contributed by atoms with Gasteiger partial charge in [0.05, 0.1) is 18.3 Å². The van der Waals surface area contributed by atoms with Crippen LogP contribution in [0.25, 0.3) is 0 Å². The van der Waals surface area contributed by atoms with E-state index in [4.69, 9.17) is 4.74 Å². The molecule has 1 heterocycles. The number of para-hydroxylation sites is 3. The molecule has 0 bridgehead atoms. The van der Waals surface area contributed by atoms with Crippen LogP contribution >= 0.6 is 0 Å². The van der Waals surface area contributed by atoms with Gasteiger partial charge in [-0.05, 0) is 54.8 Å². The van der Waals surface area contributed by atoms with Crippen LogP contribution in [0.1, 0.15) is 24.1 Å². The van der Waals surface area contributed by atoms with E-state index in [1.165, 1.54) is 16.8 Å². The Hall–Kier alpha value is -3.67. The predicted octanol–water partition coefficient (Wildman–Crippen LogP) is 5.08. The van der Waals surface area contributed by atoms with Gasteiger partial charge >= 0.3 is 6.03 Å². The number of nitrogens with one attached hydrogen (secondary N) is 2. The lowest BCUT2D eigenvalue weighted by Crippen LogP contribution is -2.39. The van der Waals surface area contributed by atoms with E-state index in [9.17, 15) is 4.79 Å². The fraction of sp³-hybridized carbons (Fsp3) is 0.296. The maximum Gasteiger partial charge on any atom is 0.319 e. The van der Waals surface area contributed by atoms with Crippen molar-refractivity contribution in [3.63, 3.8) is 0 Å². The number of hydrogen-bond donors (Lipinski definition) is 2. The third-order valence-corrected chi connectivity index (χ3v) is 5.98. The highest BCUT2D eigenvalue weighted by atomic mass is 16.5. The molecule has 172 valence electrons. The first-order chi connectivity index (χ1) is 16.1. The number of rotatable bonds is 8. The van der Waals surface area contributed by atoms with Gasteiger partial charge in [-0.1, -0.05) is 42.5 Å². The summed E-state index contributed by atoms with van der Waals surface area (Å²) >= 11 is 0. The van der Waals surface area contributed by atoms with Crippen LogP contribution in [0, 0.1) is 0 Å². The van der Waals surface area contributed by atoms with Crippen LogP contribution < -0.4 is 25.2 Å². The first kappa shape index (κ1) is 22.5. The monoisotopic (exact) mass is 444 g/mol. The number of hydrogen-bond acceptors (Lipinski definition) is 4. The molecule has 1 aliphatic rings. The van der Waals surface area contributed by atoms with Gasteiger partial charge in [0.1, 0.15) is 5.75 Å². The van der Waals surface area contributed by atoms with E-state index in [2.05, 4.69) is 69.0 Å². The van der Waals surface area contributed by atoms with E-state index in [0.29, 0.717) is 24.6 Å². The standard InChI is InChI=1S/C27H32N4O2/c1-4-33-26-12-8-6-10-23(26)29-27(32)28-19-25(21-13-15-22(16-14-21)30(2)3)31-18-17-20-9-5-7-11-24(20)31/h5-16,25H,4,17-19H2,1-3H3,(H2,28,29,32)/t25-/m0/s1. The second-order valence-corrected chi connectivity index (χ2v) is 8.34. The van der Waals surface area contributed by atoms with Crippen molar-refractivity contribution in [3.05, 3.63) is 83.9 Å². The molecule has 0 saturated carbocycles. The summed E-state index contributed by atoms with van der Waals surface area (Å²) in [6.45, 7) is 3.88. The van der Waals surface area contributed by atoms with Crippen LogP contribution in [0.5, 0.6) is 5.75 Å². The fourth-order valence-electron chi connectivity index (χ4n) is 4.30. The van der Waals surface area contributed by atoms with E-state index in [-0.39, 0.29) is 12.1 Å². The molecular formula is C27H32N4O2. The number of nitrogens with zero attached hydrogens (tertiary/aromatic N) is 2. The molecule has 0 fully saturated rings. The smallest absolute Gasteiger partial charge is 0.319 e. The maximum absolute atomic E-state index is 12.8. The molecular weight excluding hydrogens is 412 g/mol. The summed E-state index contributed by atoms with van der Waals surface area (Å²) in [7, 11) is 4.07. The molecule has 0 saturated heterocycles. The molecule has 33 heavy (non-hydrogen) atoms. The van der Waals surface area contributed by atoms with E-state index >= 15 is 0 Å². The zero-order valence-electron chi connectivity index (χ0n) is 19.5. The maximum atomic E-state index is 12.8. The summed E-state index contributed by atoms with van der Waals surface area (Å²) in [6, 6.07) is 24.4. The molecule has 1 aliphatic heterocycles. The SMILES string of the molecule is CCOc1ccccc1NC(=O)NC[C@@H](c1ccc(N(C)C)cc1)N1CCc2ccccc21. The zero-order valence-corrected chi connectivity index (χ0v) is 19.5. The van der Waals surface area contributed by atoms with Gasteiger partial charge in [0.15, 0.2) is 0 Å². The molecule has 3 aromatic carbocycles. The Bertz CT molecular complexity index is 1080. The number of carbonyl (C=O) groups is 1. The number of ether oxygens (including phenoxy) is 1. The van der Waals surface area contributed by atoms with E-state index in [0.717, 1.165) is 18.7 Å². The Morgan fingerprint density at radius 3 is 2.52 bits per heavy atom. The molecule has 0 radical (unpaired) electrons. The van der Waals surface area contributed by atoms with Gasteiger partial charge < -0.3 is 25.2 Å². The van der Waals surface area contributed by atoms with Gasteiger partial charge in [-0.25, -0.2) is 4.79 Å². The van der Waals surface area contributed by atoms with Crippen LogP contribution in [-0.2, 0) is 6.42 Å². The van der Waals surface area contributed by atoms with Gasteiger partial charge in [-0.15, -0.1) is 0 Å². The largest absolute Gasteiger partial charge is 0.492 e. The van der Waals surface area contributed by atoms with Crippen LogP contribution in [0.2, 0.25) is 0 Å². The molecule has 6 nitrogen and oxygen atoms in total. The Balaban J connectivity index is 1.52. The molecule has 0 unspecified atom stereocenters. The molecule has 0 spiro atoms. The average molecular weight is 445 g/mol. The third-order valence-electron chi connectivity index (χ3n) is 5.98. The summed E-state index contributed by atoms with van der Waals surface area (Å²) in [5, 5.41) is 6.02. The van der Waals surface area contributed by atoms with Crippen LogP contribution in [0.4, 0.5) is 21.9 Å². The van der Waals surface area contributed by atoms with Crippen molar-refractivity contribution < 1.29 is 9.53 Å². The summed E-state index contributed by atoms with van der Waals surface area (Å²) < 4.78 is 5.63. The van der Waals surface area contributed by atoms with Gasteiger partial charge in [0.25, 0.3) is 0 Å². The molecule has 2 amide bonds. The molecule has 3 aromatic rings. The van der Waals surface area contributed by atoms with Crippen molar-refractivity contribution in [2.24, 2.45) is 0 Å². The van der Waals surface area contributed by atoms with E-state index in [1.54, 1.807) is 0 Å². The minimum Gasteiger partial charge on any atom is -0.492 e. The number of carbonyl (C=O) groups excluding carboxylic acids is 1. The summed E-state index contributed by atoms with van der Waals surface area (Å²) in [5.74, 6) is 0.666. The highest BCUT2D eigenvalue weighted by Crippen LogP contribution is 2.35. The summed E-state index contributed by atoms with van der Waals surface area (Å²) in [4.78, 5) is 17.3. The zero-order chi connectivity index (χ0) is 23.2. The normalized spacial score (nSPS) is 13.2. The summed E-state index contributed by atoms with van der Waals surface area (Å²) in [6.07, 6.45) is 1.01. The van der Waals surface area contributed by atoms with Crippen molar-refractivity contribution >= 4 is 23.1 Å². The van der Waals surface area contributed by atoms with Crippen LogP contribution in [0.3, 0.4) is 0 Å². The Morgan fingerprint density at radius 2 is 1.76 bits per heavy atom. The van der Waals surface area contributed by atoms with Crippen molar-refractivity contribution in [3.8, 4) is 5.75 Å². The van der Waals surface area contributed by atoms with E-state index in [1.807, 2.05) is 45.3 Å². The van der Waals surface area contributed by atoms with Gasteiger partial charge in [-0.2, -0.15) is 0 Å². The van der Waals surface area contributed by atoms with Gasteiger partial charge in [0.2, 0.25) is 0 Å². The lowest BCUT2D eigenvalue weighted by molar-refractivity contribution is 0.251. The molecule has 4 rings (SSSR count). The van der Waals surface area contributed by atoms with E-state index < -0.39 is 0 Å². The number of urea groups is 1. The first-order valence-corrected chi connectivity index (χ1v) is 11.5. The summed E-state index contributed by atoms with van der Waals surface area (Å²) in [5.41, 5.74) is 5.57. The molecule has 0 aliphatic carbocycles. The number of anilines is 3. The van der Waals surface area contributed by atoms with Crippen molar-refractivity contribution in [2.45, 2.75) is 19.4 Å². The highest BCUT2D eigenvalue weighted by Gasteiger charge is 2.27. The molecule has 6 heteroatoms. The number of fused-ring (bicyclic) bond motifs is 1. The minimum absolute atomic E-state index is 0.0257. The van der Waals surface area contributed by atoms with Crippen molar-refractivity contribution in [1.82, 2.24) is 5.32 Å². The van der Waals surface area contributed by atoms with Crippen LogP contribution in [-0.4, -0.2) is 39.8 Å². The second-order valence-electron chi connectivity index (χ2n) is 8.34. The average Bonchev–Trinajstić information content (AvgIpc) is 3.25. The van der Waals surface area contributed by atoms with Gasteiger partial charge in [0, 0.05) is 38.6 Å². The van der Waals surface area contributed by atoms with Crippen molar-refractivity contribution in [2.75, 3.05) is 48.9 Å². The van der Waals surface area contributed by atoms with Gasteiger partial charge in [-0.3, -0.25) is 0 Å². The third kappa shape index (κ3) is 5.22. The number of amides is 2. The Labute approximate surface area is 196 Å².